The van der Waals surface area contributed by atoms with Gasteiger partial charge in [0.25, 0.3) is 0 Å². The van der Waals surface area contributed by atoms with Crippen LogP contribution in [-0.4, -0.2) is 29.5 Å². The normalized spacial score (nSPS) is 10.9. The Balaban J connectivity index is 1.44. The number of imidazole rings is 1. The molecular formula is C22H17N7. The molecule has 29 heavy (non-hydrogen) atoms. The Labute approximate surface area is 167 Å². The molecule has 0 radical (unpaired) electrons. The highest BCUT2D eigenvalue weighted by Crippen LogP contribution is 2.24. The summed E-state index contributed by atoms with van der Waals surface area (Å²) in [7, 11) is 0. The zero-order valence-electron chi connectivity index (χ0n) is 15.5. The van der Waals surface area contributed by atoms with Gasteiger partial charge in [-0.15, -0.1) is 0 Å². The Morgan fingerprint density at radius 1 is 0.862 bits per heavy atom. The smallest absolute Gasteiger partial charge is 0.163 e. The molecule has 0 fully saturated rings. The minimum atomic E-state index is 0.602. The third-order valence-electron chi connectivity index (χ3n) is 4.56. The lowest BCUT2D eigenvalue weighted by Gasteiger charge is -2.11. The molecule has 5 rings (SSSR count). The number of benzene rings is 1. The zero-order valence-corrected chi connectivity index (χ0v) is 15.5. The van der Waals surface area contributed by atoms with Gasteiger partial charge < -0.3 is 5.32 Å². The lowest BCUT2D eigenvalue weighted by molar-refractivity contribution is 0.977. The van der Waals surface area contributed by atoms with Crippen molar-refractivity contribution in [1.82, 2.24) is 29.5 Å². The van der Waals surface area contributed by atoms with E-state index in [1.165, 1.54) is 0 Å². The standard InChI is InChI=1S/C22H17N7/c1-2-6-19-18(5-1)22(28-21(27-19)17-4-3-9-23-14-17)26-13-16-7-8-20(25-12-16)29-11-10-24-15-29/h1-12,14-15H,13H2,(H,26,27,28). The van der Waals surface area contributed by atoms with Crippen molar-refractivity contribution in [1.29, 1.82) is 0 Å². The molecule has 0 atom stereocenters. The van der Waals surface area contributed by atoms with E-state index in [9.17, 15) is 0 Å². The van der Waals surface area contributed by atoms with Crippen LogP contribution >= 0.6 is 0 Å². The Hall–Kier alpha value is -4.13. The van der Waals surface area contributed by atoms with Gasteiger partial charge in [0.2, 0.25) is 0 Å². The van der Waals surface area contributed by atoms with Crippen LogP contribution in [-0.2, 0) is 6.54 Å². The van der Waals surface area contributed by atoms with E-state index in [0.29, 0.717) is 12.4 Å². The fourth-order valence-corrected chi connectivity index (χ4v) is 3.09. The third kappa shape index (κ3) is 3.53. The van der Waals surface area contributed by atoms with Crippen molar-refractivity contribution in [2.45, 2.75) is 6.54 Å². The van der Waals surface area contributed by atoms with Gasteiger partial charge in [-0.1, -0.05) is 18.2 Å². The molecule has 0 spiro atoms. The second kappa shape index (κ2) is 7.47. The van der Waals surface area contributed by atoms with Crippen molar-refractivity contribution in [3.05, 3.63) is 91.4 Å². The summed E-state index contributed by atoms with van der Waals surface area (Å²) in [5.74, 6) is 2.26. The van der Waals surface area contributed by atoms with Crippen LogP contribution in [0.1, 0.15) is 5.56 Å². The molecule has 4 heterocycles. The van der Waals surface area contributed by atoms with Crippen LogP contribution in [0, 0.1) is 0 Å². The molecule has 0 saturated carbocycles. The molecule has 1 N–H and O–H groups in total. The highest BCUT2D eigenvalue weighted by atomic mass is 15.1. The van der Waals surface area contributed by atoms with Crippen LogP contribution in [0.15, 0.2) is 85.8 Å². The first-order chi connectivity index (χ1) is 14.4. The first-order valence-corrected chi connectivity index (χ1v) is 9.21. The SMILES string of the molecule is c1cncc(-c2nc(NCc3ccc(-n4ccnc4)nc3)c3ccccc3n2)c1. The molecule has 5 aromatic rings. The molecule has 0 aliphatic rings. The van der Waals surface area contributed by atoms with Crippen molar-refractivity contribution in [2.24, 2.45) is 0 Å². The van der Waals surface area contributed by atoms with E-state index in [1.54, 1.807) is 24.9 Å². The molecule has 0 saturated heterocycles. The van der Waals surface area contributed by atoms with Crippen LogP contribution in [0.3, 0.4) is 0 Å². The summed E-state index contributed by atoms with van der Waals surface area (Å²) in [6.07, 6.45) is 10.7. The van der Waals surface area contributed by atoms with E-state index < -0.39 is 0 Å². The maximum absolute atomic E-state index is 4.75. The molecule has 7 nitrogen and oxygen atoms in total. The highest BCUT2D eigenvalue weighted by molar-refractivity contribution is 5.90. The molecule has 0 aliphatic carbocycles. The monoisotopic (exact) mass is 379 g/mol. The van der Waals surface area contributed by atoms with Crippen LogP contribution < -0.4 is 5.32 Å². The Morgan fingerprint density at radius 3 is 2.62 bits per heavy atom. The summed E-state index contributed by atoms with van der Waals surface area (Å²) in [4.78, 5) is 22.2. The van der Waals surface area contributed by atoms with Crippen molar-refractivity contribution in [3.8, 4) is 17.2 Å². The number of hydrogen-bond donors (Lipinski definition) is 1. The molecule has 0 aliphatic heterocycles. The fraction of sp³-hybridized carbons (Fsp3) is 0.0455. The molecule has 7 heteroatoms. The fourth-order valence-electron chi connectivity index (χ4n) is 3.09. The average molecular weight is 379 g/mol. The quantitative estimate of drug-likeness (QED) is 0.499. The van der Waals surface area contributed by atoms with Crippen LogP contribution in [0.25, 0.3) is 28.1 Å². The number of para-hydroxylation sites is 1. The number of rotatable bonds is 5. The average Bonchev–Trinajstić information content (AvgIpc) is 3.33. The van der Waals surface area contributed by atoms with E-state index in [4.69, 9.17) is 4.98 Å². The van der Waals surface area contributed by atoms with Gasteiger partial charge in [0, 0.05) is 48.5 Å². The maximum Gasteiger partial charge on any atom is 0.163 e. The van der Waals surface area contributed by atoms with Gasteiger partial charge in [0.05, 0.1) is 5.52 Å². The van der Waals surface area contributed by atoms with Gasteiger partial charge in [-0.2, -0.15) is 0 Å². The number of pyridine rings is 2. The van der Waals surface area contributed by atoms with E-state index >= 15 is 0 Å². The second-order valence-electron chi connectivity index (χ2n) is 6.50. The second-order valence-corrected chi connectivity index (χ2v) is 6.50. The molecule has 140 valence electrons. The van der Waals surface area contributed by atoms with E-state index in [1.807, 2.05) is 65.5 Å². The van der Waals surface area contributed by atoms with Gasteiger partial charge in [-0.05, 0) is 35.9 Å². The van der Waals surface area contributed by atoms with Crippen molar-refractivity contribution in [2.75, 3.05) is 5.32 Å². The first kappa shape index (κ1) is 17.0. The zero-order chi connectivity index (χ0) is 19.5. The summed E-state index contributed by atoms with van der Waals surface area (Å²) in [5, 5.41) is 4.41. The predicted molar refractivity (Wildman–Crippen MR) is 111 cm³/mol. The van der Waals surface area contributed by atoms with Crippen LogP contribution in [0.2, 0.25) is 0 Å². The van der Waals surface area contributed by atoms with Gasteiger partial charge >= 0.3 is 0 Å². The molecular weight excluding hydrogens is 362 g/mol. The number of aromatic nitrogens is 6. The summed E-state index contributed by atoms with van der Waals surface area (Å²) < 4.78 is 1.87. The predicted octanol–water partition coefficient (Wildman–Crippen LogP) is 3.88. The summed E-state index contributed by atoms with van der Waals surface area (Å²) in [6, 6.07) is 15.8. The molecule has 0 amide bonds. The molecule has 4 aromatic heterocycles. The van der Waals surface area contributed by atoms with Crippen molar-refractivity contribution < 1.29 is 0 Å². The van der Waals surface area contributed by atoms with Gasteiger partial charge in [-0.25, -0.2) is 19.9 Å². The van der Waals surface area contributed by atoms with Crippen LogP contribution in [0.5, 0.6) is 0 Å². The number of nitrogens with one attached hydrogen (secondary N) is 1. The maximum atomic E-state index is 4.75. The van der Waals surface area contributed by atoms with E-state index in [2.05, 4.69) is 25.3 Å². The Kier molecular flexibility index (Phi) is 4.38. The summed E-state index contributed by atoms with van der Waals surface area (Å²) >= 11 is 0. The van der Waals surface area contributed by atoms with E-state index in [0.717, 1.165) is 33.7 Å². The minimum absolute atomic E-state index is 0.602. The van der Waals surface area contributed by atoms with Crippen molar-refractivity contribution in [3.63, 3.8) is 0 Å². The number of hydrogen-bond acceptors (Lipinski definition) is 6. The number of nitrogens with zero attached hydrogens (tertiary/aromatic N) is 6. The first-order valence-electron chi connectivity index (χ1n) is 9.21. The molecule has 1 aromatic carbocycles. The topological polar surface area (TPSA) is 81.4 Å². The lowest BCUT2D eigenvalue weighted by Crippen LogP contribution is -2.05. The minimum Gasteiger partial charge on any atom is -0.365 e. The molecule has 0 bridgehead atoms. The lowest BCUT2D eigenvalue weighted by atomic mass is 10.2. The summed E-state index contributed by atoms with van der Waals surface area (Å²) in [5.41, 5.74) is 2.82. The van der Waals surface area contributed by atoms with Gasteiger partial charge in [-0.3, -0.25) is 9.55 Å². The summed E-state index contributed by atoms with van der Waals surface area (Å²) in [6.45, 7) is 0.602. The van der Waals surface area contributed by atoms with Crippen LogP contribution in [0.4, 0.5) is 5.82 Å². The highest BCUT2D eigenvalue weighted by Gasteiger charge is 2.09. The van der Waals surface area contributed by atoms with Gasteiger partial charge in [0.1, 0.15) is 18.0 Å². The Morgan fingerprint density at radius 2 is 1.83 bits per heavy atom. The van der Waals surface area contributed by atoms with Crippen molar-refractivity contribution >= 4 is 16.7 Å². The van der Waals surface area contributed by atoms with Gasteiger partial charge in [0.15, 0.2) is 5.82 Å². The number of anilines is 1. The third-order valence-corrected chi connectivity index (χ3v) is 4.56. The largest absolute Gasteiger partial charge is 0.365 e. The molecule has 0 unspecified atom stereocenters. The Bertz CT molecular complexity index is 1230. The van der Waals surface area contributed by atoms with E-state index in [-0.39, 0.29) is 0 Å². The number of fused-ring (bicyclic) bond motifs is 1.